The van der Waals surface area contributed by atoms with E-state index >= 15 is 0 Å². The third kappa shape index (κ3) is 4.11. The van der Waals surface area contributed by atoms with E-state index < -0.39 is 12.8 Å². The van der Waals surface area contributed by atoms with Crippen LogP contribution in [0.25, 0.3) is 10.2 Å². The maximum absolute atomic E-state index is 12.2. The predicted octanol–water partition coefficient (Wildman–Crippen LogP) is 2.93. The van der Waals surface area contributed by atoms with Gasteiger partial charge in [0.15, 0.2) is 11.7 Å². The van der Waals surface area contributed by atoms with E-state index in [2.05, 4.69) is 15.6 Å². The third-order valence-electron chi connectivity index (χ3n) is 3.37. The molecule has 2 aromatic rings. The standard InChI is InChI=1S/C14H14F3N3O2S/c15-14(16,17)7-22-8-3-4-9-11(6-8)23-13(19-9)20-12(21)10-2-1-5-18-10/h3-4,6,10,18H,1-2,5,7H2,(H,19,20,21). The van der Waals surface area contributed by atoms with Crippen molar-refractivity contribution in [3.8, 4) is 5.75 Å². The Morgan fingerprint density at radius 1 is 1.48 bits per heavy atom. The molecular formula is C14H14F3N3O2S. The van der Waals surface area contributed by atoms with Crippen molar-refractivity contribution in [2.24, 2.45) is 0 Å². The molecule has 1 aliphatic rings. The van der Waals surface area contributed by atoms with E-state index in [0.717, 1.165) is 19.4 Å². The molecule has 124 valence electrons. The summed E-state index contributed by atoms with van der Waals surface area (Å²) in [4.78, 5) is 16.3. The first-order valence-corrected chi connectivity index (χ1v) is 7.87. The summed E-state index contributed by atoms with van der Waals surface area (Å²) in [5.41, 5.74) is 0.601. The number of nitrogens with one attached hydrogen (secondary N) is 2. The summed E-state index contributed by atoms with van der Waals surface area (Å²) in [6.45, 7) is -0.522. The number of nitrogens with zero attached hydrogens (tertiary/aromatic N) is 1. The first-order chi connectivity index (χ1) is 10.9. The summed E-state index contributed by atoms with van der Waals surface area (Å²) in [5, 5.41) is 6.25. The van der Waals surface area contributed by atoms with Crippen LogP contribution in [0.15, 0.2) is 18.2 Å². The zero-order valence-corrected chi connectivity index (χ0v) is 12.8. The fraction of sp³-hybridized carbons (Fsp3) is 0.429. The highest BCUT2D eigenvalue weighted by Crippen LogP contribution is 2.30. The molecule has 0 saturated carbocycles. The average molecular weight is 345 g/mol. The summed E-state index contributed by atoms with van der Waals surface area (Å²) in [7, 11) is 0. The fourth-order valence-electron chi connectivity index (χ4n) is 2.31. The Bertz CT molecular complexity index is 711. The fourth-order valence-corrected chi connectivity index (χ4v) is 3.21. The smallest absolute Gasteiger partial charge is 0.422 e. The van der Waals surface area contributed by atoms with E-state index in [1.165, 1.54) is 23.5 Å². The van der Waals surface area contributed by atoms with Crippen molar-refractivity contribution in [3.63, 3.8) is 0 Å². The van der Waals surface area contributed by atoms with Crippen LogP contribution in [0.4, 0.5) is 18.3 Å². The Morgan fingerprint density at radius 2 is 2.30 bits per heavy atom. The molecule has 9 heteroatoms. The van der Waals surface area contributed by atoms with Gasteiger partial charge in [0.2, 0.25) is 5.91 Å². The van der Waals surface area contributed by atoms with Crippen molar-refractivity contribution < 1.29 is 22.7 Å². The second kappa shape index (κ2) is 6.32. The number of alkyl halides is 3. The minimum atomic E-state index is -4.38. The molecule has 1 atom stereocenters. The van der Waals surface area contributed by atoms with Crippen LogP contribution in [0.1, 0.15) is 12.8 Å². The second-order valence-corrected chi connectivity index (χ2v) is 6.22. The maximum Gasteiger partial charge on any atom is 0.422 e. The lowest BCUT2D eigenvalue weighted by molar-refractivity contribution is -0.153. The lowest BCUT2D eigenvalue weighted by Crippen LogP contribution is -2.35. The van der Waals surface area contributed by atoms with Crippen LogP contribution in [0.2, 0.25) is 0 Å². The molecule has 0 radical (unpaired) electrons. The van der Waals surface area contributed by atoms with Gasteiger partial charge in [-0.05, 0) is 37.6 Å². The van der Waals surface area contributed by atoms with Gasteiger partial charge in [-0.1, -0.05) is 11.3 Å². The maximum atomic E-state index is 12.2. The van der Waals surface area contributed by atoms with E-state index in [-0.39, 0.29) is 17.7 Å². The molecule has 0 aliphatic carbocycles. The summed E-state index contributed by atoms with van der Waals surface area (Å²) >= 11 is 1.20. The van der Waals surface area contributed by atoms with E-state index in [0.29, 0.717) is 15.3 Å². The van der Waals surface area contributed by atoms with Gasteiger partial charge in [0, 0.05) is 0 Å². The zero-order valence-electron chi connectivity index (χ0n) is 11.9. The van der Waals surface area contributed by atoms with E-state index in [9.17, 15) is 18.0 Å². The van der Waals surface area contributed by atoms with E-state index in [4.69, 9.17) is 4.74 Å². The molecule has 0 bridgehead atoms. The molecule has 1 aliphatic heterocycles. The minimum Gasteiger partial charge on any atom is -0.484 e. The monoisotopic (exact) mass is 345 g/mol. The quantitative estimate of drug-likeness (QED) is 0.894. The van der Waals surface area contributed by atoms with Gasteiger partial charge in [-0.25, -0.2) is 4.98 Å². The van der Waals surface area contributed by atoms with Crippen LogP contribution >= 0.6 is 11.3 Å². The molecule has 1 fully saturated rings. The molecule has 1 saturated heterocycles. The summed E-state index contributed by atoms with van der Waals surface area (Å²) < 4.78 is 41.8. The topological polar surface area (TPSA) is 63.2 Å². The van der Waals surface area contributed by atoms with Gasteiger partial charge in [0.05, 0.1) is 16.3 Å². The van der Waals surface area contributed by atoms with Gasteiger partial charge < -0.3 is 15.4 Å². The molecule has 0 spiro atoms. The highest BCUT2D eigenvalue weighted by atomic mass is 32.1. The number of hydrogen-bond donors (Lipinski definition) is 2. The number of carbonyl (C=O) groups excluding carboxylic acids is 1. The van der Waals surface area contributed by atoms with Gasteiger partial charge in [-0.3, -0.25) is 4.79 Å². The first kappa shape index (κ1) is 16.0. The van der Waals surface area contributed by atoms with Crippen molar-refractivity contribution >= 4 is 32.6 Å². The first-order valence-electron chi connectivity index (χ1n) is 7.05. The summed E-state index contributed by atoms with van der Waals surface area (Å²) in [6.07, 6.45) is -2.64. The lowest BCUT2D eigenvalue weighted by atomic mass is 10.2. The van der Waals surface area contributed by atoms with Gasteiger partial charge in [0.1, 0.15) is 5.75 Å². The zero-order chi connectivity index (χ0) is 16.4. The number of carbonyl (C=O) groups is 1. The van der Waals surface area contributed by atoms with Crippen LogP contribution in [-0.4, -0.2) is 36.3 Å². The number of hydrogen-bond acceptors (Lipinski definition) is 5. The van der Waals surface area contributed by atoms with E-state index in [1.54, 1.807) is 6.07 Å². The Hall–Kier alpha value is -1.87. The Labute approximate surface area is 133 Å². The van der Waals surface area contributed by atoms with Crippen molar-refractivity contribution in [3.05, 3.63) is 18.2 Å². The number of anilines is 1. The van der Waals surface area contributed by atoms with Crippen molar-refractivity contribution in [1.29, 1.82) is 0 Å². The number of fused-ring (bicyclic) bond motifs is 1. The number of ether oxygens (including phenoxy) is 1. The molecule has 3 rings (SSSR count). The molecular weight excluding hydrogens is 331 g/mol. The van der Waals surface area contributed by atoms with Gasteiger partial charge >= 0.3 is 6.18 Å². The average Bonchev–Trinajstić information content (AvgIpc) is 3.12. The summed E-state index contributed by atoms with van der Waals surface area (Å²) in [6, 6.07) is 4.27. The Morgan fingerprint density at radius 3 is 3.00 bits per heavy atom. The Kier molecular flexibility index (Phi) is 4.40. The molecule has 1 aromatic carbocycles. The molecule has 2 heterocycles. The highest BCUT2D eigenvalue weighted by Gasteiger charge is 2.28. The number of benzene rings is 1. The minimum absolute atomic E-state index is 0.119. The van der Waals surface area contributed by atoms with Crippen LogP contribution in [0, 0.1) is 0 Å². The number of rotatable bonds is 4. The van der Waals surface area contributed by atoms with Crippen LogP contribution in [-0.2, 0) is 4.79 Å². The van der Waals surface area contributed by atoms with Gasteiger partial charge in [0.25, 0.3) is 0 Å². The van der Waals surface area contributed by atoms with Crippen molar-refractivity contribution in [1.82, 2.24) is 10.3 Å². The SMILES string of the molecule is O=C(Nc1nc2ccc(OCC(F)(F)F)cc2s1)C1CCCN1. The number of thiazole rings is 1. The predicted molar refractivity (Wildman–Crippen MR) is 80.8 cm³/mol. The van der Waals surface area contributed by atoms with Gasteiger partial charge in [-0.15, -0.1) is 0 Å². The number of amides is 1. The van der Waals surface area contributed by atoms with Crippen molar-refractivity contribution in [2.75, 3.05) is 18.5 Å². The highest BCUT2D eigenvalue weighted by molar-refractivity contribution is 7.22. The number of aromatic nitrogens is 1. The van der Waals surface area contributed by atoms with Gasteiger partial charge in [-0.2, -0.15) is 13.2 Å². The Balaban J connectivity index is 1.70. The normalized spacial score (nSPS) is 18.3. The number of halogens is 3. The molecule has 1 amide bonds. The lowest BCUT2D eigenvalue weighted by Gasteiger charge is -2.08. The molecule has 1 aromatic heterocycles. The molecule has 2 N–H and O–H groups in total. The largest absolute Gasteiger partial charge is 0.484 e. The molecule has 23 heavy (non-hydrogen) atoms. The third-order valence-corrected chi connectivity index (χ3v) is 4.30. The van der Waals surface area contributed by atoms with Crippen molar-refractivity contribution in [2.45, 2.75) is 25.1 Å². The molecule has 1 unspecified atom stereocenters. The van der Waals surface area contributed by atoms with Crippen LogP contribution in [0.3, 0.4) is 0 Å². The molecule has 5 nitrogen and oxygen atoms in total. The summed E-state index contributed by atoms with van der Waals surface area (Å²) in [5.74, 6) is -0.0242. The van der Waals surface area contributed by atoms with E-state index in [1.807, 2.05) is 0 Å². The van der Waals surface area contributed by atoms with Crippen LogP contribution in [0.5, 0.6) is 5.75 Å². The second-order valence-electron chi connectivity index (χ2n) is 5.19. The van der Waals surface area contributed by atoms with Crippen LogP contribution < -0.4 is 15.4 Å².